The van der Waals surface area contributed by atoms with Gasteiger partial charge in [-0.25, -0.2) is 4.79 Å². The minimum Gasteiger partial charge on any atom is -0.472 e. The van der Waals surface area contributed by atoms with Crippen molar-refractivity contribution in [2.24, 2.45) is 0 Å². The van der Waals surface area contributed by atoms with Gasteiger partial charge in [-0.3, -0.25) is 4.79 Å². The number of nitrogens with zero attached hydrogens (tertiary/aromatic N) is 3. The van der Waals surface area contributed by atoms with Crippen LogP contribution in [-0.2, 0) is 19.9 Å². The zero-order valence-corrected chi connectivity index (χ0v) is 27.1. The fourth-order valence-corrected chi connectivity index (χ4v) is 5.45. The van der Waals surface area contributed by atoms with Gasteiger partial charge in [-0.15, -0.1) is 0 Å². The van der Waals surface area contributed by atoms with Crippen LogP contribution < -0.4 is 19.4 Å². The van der Waals surface area contributed by atoms with Gasteiger partial charge < -0.3 is 28.9 Å². The Labute approximate surface area is 265 Å². The van der Waals surface area contributed by atoms with Gasteiger partial charge in [-0.05, 0) is 60.0 Å². The molecule has 0 saturated carbocycles. The Bertz CT molecular complexity index is 1670. The third-order valence-corrected chi connectivity index (χ3v) is 8.09. The second-order valence-electron chi connectivity index (χ2n) is 11.7. The first-order valence-electron chi connectivity index (χ1n) is 15.1. The maximum Gasteiger partial charge on any atom is 0.339 e. The molecule has 4 aromatic carbocycles. The maximum atomic E-state index is 13.5. The van der Waals surface area contributed by atoms with Crippen molar-refractivity contribution in [2.75, 3.05) is 70.2 Å². The van der Waals surface area contributed by atoms with Crippen LogP contribution in [0.1, 0.15) is 40.4 Å². The van der Waals surface area contributed by atoms with E-state index >= 15 is 0 Å². The Morgan fingerprint density at radius 2 is 1.24 bits per heavy atom. The molecule has 0 N–H and O–H groups in total. The molecule has 234 valence electrons. The van der Waals surface area contributed by atoms with Gasteiger partial charge in [0.05, 0.1) is 5.56 Å². The van der Waals surface area contributed by atoms with E-state index in [1.807, 2.05) is 77.5 Å². The number of fused-ring (bicyclic) bond motifs is 3. The normalized spacial score (nSPS) is 13.0. The van der Waals surface area contributed by atoms with Crippen LogP contribution in [0.25, 0.3) is 16.8 Å². The first kappa shape index (κ1) is 31.4. The number of esters is 2. The van der Waals surface area contributed by atoms with Gasteiger partial charge in [0.15, 0.2) is 5.60 Å². The zero-order chi connectivity index (χ0) is 32.3. The SMILES string of the molecule is CCC(=O)OCCOC(=O)c1cc2ccc(N(C)C)cc2c2c1C=CC(c1ccc(N(C)C)cc1)(c1ccc(N(C)C)cc1)O2. The highest BCUT2D eigenvalue weighted by Gasteiger charge is 2.39. The molecule has 0 unspecified atom stereocenters. The van der Waals surface area contributed by atoms with Crippen LogP contribution in [0, 0.1) is 0 Å². The van der Waals surface area contributed by atoms with E-state index in [9.17, 15) is 9.59 Å². The maximum absolute atomic E-state index is 13.5. The Kier molecular flexibility index (Phi) is 9.04. The second kappa shape index (κ2) is 12.9. The molecule has 0 aromatic heterocycles. The molecule has 8 nitrogen and oxygen atoms in total. The molecule has 0 bridgehead atoms. The number of ether oxygens (including phenoxy) is 3. The number of rotatable bonds is 10. The van der Waals surface area contributed by atoms with Crippen LogP contribution in [-0.4, -0.2) is 67.4 Å². The summed E-state index contributed by atoms with van der Waals surface area (Å²) in [4.78, 5) is 31.2. The number of anilines is 3. The average molecular weight is 608 g/mol. The molecule has 1 aliphatic heterocycles. The summed E-state index contributed by atoms with van der Waals surface area (Å²) in [5, 5.41) is 1.73. The van der Waals surface area contributed by atoms with Gasteiger partial charge >= 0.3 is 11.9 Å². The summed E-state index contributed by atoms with van der Waals surface area (Å²) in [5.74, 6) is -0.254. The molecule has 4 aromatic rings. The van der Waals surface area contributed by atoms with Crippen LogP contribution in [0.4, 0.5) is 17.1 Å². The standard InChI is InChI=1S/C37H41N3O5/c1-8-34(41)43-21-22-44-36(42)33-23-25-9-14-30(40(6)7)24-32(25)35-31(33)19-20-37(45-35,26-10-15-28(16-11-26)38(2)3)27-12-17-29(18-13-27)39(4)5/h9-20,23-24H,8,21-22H2,1-7H3. The van der Waals surface area contributed by atoms with Crippen LogP contribution in [0.5, 0.6) is 5.75 Å². The Balaban J connectivity index is 1.67. The van der Waals surface area contributed by atoms with Gasteiger partial charge in [-0.2, -0.15) is 0 Å². The summed E-state index contributed by atoms with van der Waals surface area (Å²) in [6.07, 6.45) is 4.25. The van der Waals surface area contributed by atoms with Gasteiger partial charge in [0.1, 0.15) is 19.0 Å². The molecular weight excluding hydrogens is 566 g/mol. The molecule has 0 spiro atoms. The Morgan fingerprint density at radius 1 is 0.711 bits per heavy atom. The quantitative estimate of drug-likeness (QED) is 0.150. The highest BCUT2D eigenvalue weighted by atomic mass is 16.6. The minimum atomic E-state index is -0.972. The van der Waals surface area contributed by atoms with Crippen LogP contribution in [0.15, 0.2) is 78.9 Å². The summed E-state index contributed by atoms with van der Waals surface area (Å²) in [7, 11) is 12.0. The largest absolute Gasteiger partial charge is 0.472 e. The zero-order valence-electron chi connectivity index (χ0n) is 27.1. The monoisotopic (exact) mass is 607 g/mol. The smallest absolute Gasteiger partial charge is 0.339 e. The molecule has 1 heterocycles. The molecule has 0 aliphatic carbocycles. The number of hydrogen-bond acceptors (Lipinski definition) is 8. The van der Waals surface area contributed by atoms with Crippen LogP contribution >= 0.6 is 0 Å². The lowest BCUT2D eigenvalue weighted by atomic mass is 9.82. The van der Waals surface area contributed by atoms with E-state index in [0.29, 0.717) is 16.9 Å². The first-order valence-corrected chi connectivity index (χ1v) is 15.1. The second-order valence-corrected chi connectivity index (χ2v) is 11.7. The summed E-state index contributed by atoms with van der Waals surface area (Å²) in [6.45, 7) is 1.68. The summed E-state index contributed by atoms with van der Waals surface area (Å²) in [5.41, 5.74) is 5.12. The fourth-order valence-electron chi connectivity index (χ4n) is 5.45. The van der Waals surface area contributed by atoms with E-state index in [0.717, 1.165) is 39.0 Å². The number of carbonyl (C=O) groups is 2. The van der Waals surface area contributed by atoms with Gasteiger partial charge in [0, 0.05) is 87.8 Å². The van der Waals surface area contributed by atoms with Gasteiger partial charge in [0.25, 0.3) is 0 Å². The molecule has 1 aliphatic rings. The topological polar surface area (TPSA) is 71.6 Å². The lowest BCUT2D eigenvalue weighted by Gasteiger charge is -2.37. The van der Waals surface area contributed by atoms with Crippen LogP contribution in [0.3, 0.4) is 0 Å². The number of hydrogen-bond donors (Lipinski definition) is 0. The molecule has 0 radical (unpaired) electrons. The molecule has 45 heavy (non-hydrogen) atoms. The van der Waals surface area contributed by atoms with E-state index < -0.39 is 11.6 Å². The predicted octanol–water partition coefficient (Wildman–Crippen LogP) is 6.50. The van der Waals surface area contributed by atoms with Crippen LogP contribution in [0.2, 0.25) is 0 Å². The van der Waals surface area contributed by atoms with Crippen molar-refractivity contribution in [1.29, 1.82) is 0 Å². The van der Waals surface area contributed by atoms with E-state index in [-0.39, 0.29) is 25.6 Å². The molecule has 8 heteroatoms. The van der Waals surface area contributed by atoms with E-state index in [2.05, 4.69) is 64.4 Å². The highest BCUT2D eigenvalue weighted by molar-refractivity contribution is 6.04. The molecule has 0 amide bonds. The number of benzene rings is 4. The third-order valence-electron chi connectivity index (χ3n) is 8.09. The van der Waals surface area contributed by atoms with Crippen molar-refractivity contribution in [3.05, 3.63) is 101 Å². The molecule has 5 rings (SSSR count). The first-order chi connectivity index (χ1) is 21.5. The van der Waals surface area contributed by atoms with Crippen molar-refractivity contribution < 1.29 is 23.8 Å². The van der Waals surface area contributed by atoms with Gasteiger partial charge in [0.2, 0.25) is 0 Å². The summed E-state index contributed by atoms with van der Waals surface area (Å²) >= 11 is 0. The third kappa shape index (κ3) is 6.32. The van der Waals surface area contributed by atoms with Crippen molar-refractivity contribution in [3.63, 3.8) is 0 Å². The Hall–Kier alpha value is -4.98. The van der Waals surface area contributed by atoms with E-state index in [1.54, 1.807) is 6.92 Å². The molecule has 0 atom stereocenters. The molecular formula is C37H41N3O5. The van der Waals surface area contributed by atoms with E-state index in [4.69, 9.17) is 14.2 Å². The van der Waals surface area contributed by atoms with Crippen molar-refractivity contribution in [1.82, 2.24) is 0 Å². The van der Waals surface area contributed by atoms with Crippen molar-refractivity contribution in [2.45, 2.75) is 18.9 Å². The lowest BCUT2D eigenvalue weighted by molar-refractivity contribution is -0.144. The average Bonchev–Trinajstić information content (AvgIpc) is 3.05. The molecule has 0 saturated heterocycles. The van der Waals surface area contributed by atoms with Crippen molar-refractivity contribution in [3.8, 4) is 5.75 Å². The highest BCUT2D eigenvalue weighted by Crippen LogP contribution is 2.47. The fraction of sp³-hybridized carbons (Fsp3) is 0.297. The minimum absolute atomic E-state index is 0.00170. The predicted molar refractivity (Wildman–Crippen MR) is 182 cm³/mol. The van der Waals surface area contributed by atoms with Crippen molar-refractivity contribution >= 4 is 45.8 Å². The van der Waals surface area contributed by atoms with E-state index in [1.165, 1.54) is 0 Å². The summed E-state index contributed by atoms with van der Waals surface area (Å²) < 4.78 is 17.9. The van der Waals surface area contributed by atoms with Gasteiger partial charge in [-0.1, -0.05) is 37.3 Å². The number of carbonyl (C=O) groups excluding carboxylic acids is 2. The lowest BCUT2D eigenvalue weighted by Crippen LogP contribution is -2.35. The summed E-state index contributed by atoms with van der Waals surface area (Å²) in [6, 6.07) is 24.6. The molecule has 0 fully saturated rings. The Morgan fingerprint density at radius 3 is 1.78 bits per heavy atom.